The monoisotopic (exact) mass is 503 g/mol. The number of nitrogens with zero attached hydrogens (tertiary/aromatic N) is 2. The van der Waals surface area contributed by atoms with E-state index in [1.807, 2.05) is 79.4 Å². The van der Waals surface area contributed by atoms with Gasteiger partial charge in [0.25, 0.3) is 5.91 Å². The first-order valence-corrected chi connectivity index (χ1v) is 13.3. The summed E-state index contributed by atoms with van der Waals surface area (Å²) in [5.41, 5.74) is 4.14. The van der Waals surface area contributed by atoms with E-state index in [1.54, 1.807) is 28.5 Å². The Hall–Kier alpha value is -3.36. The molecule has 8 heteroatoms. The van der Waals surface area contributed by atoms with Crippen LogP contribution in [-0.2, 0) is 11.3 Å². The van der Waals surface area contributed by atoms with Crippen LogP contribution < -0.4 is 10.2 Å². The van der Waals surface area contributed by atoms with Crippen LogP contribution in [-0.4, -0.2) is 27.0 Å². The van der Waals surface area contributed by atoms with Crippen molar-refractivity contribution < 1.29 is 9.59 Å². The summed E-state index contributed by atoms with van der Waals surface area (Å²) in [6, 6.07) is 23.0. The van der Waals surface area contributed by atoms with Gasteiger partial charge in [0.15, 0.2) is 0 Å². The fourth-order valence-corrected chi connectivity index (χ4v) is 6.53. The number of rotatable bonds is 6. The molecule has 1 atom stereocenters. The zero-order chi connectivity index (χ0) is 24.5. The predicted molar refractivity (Wildman–Crippen MR) is 143 cm³/mol. The van der Waals surface area contributed by atoms with Gasteiger partial charge in [-0.25, -0.2) is 0 Å². The van der Waals surface area contributed by atoms with E-state index in [4.69, 9.17) is 0 Å². The number of hydrogen-bond acceptors (Lipinski definition) is 5. The van der Waals surface area contributed by atoms with Gasteiger partial charge < -0.3 is 10.2 Å². The van der Waals surface area contributed by atoms with Gasteiger partial charge in [0.2, 0.25) is 5.91 Å². The van der Waals surface area contributed by atoms with E-state index in [9.17, 15) is 14.4 Å². The lowest BCUT2D eigenvalue weighted by atomic mass is 10.1. The maximum Gasteiger partial charge on any atom is 0.308 e. The lowest BCUT2D eigenvalue weighted by molar-refractivity contribution is -0.128. The normalized spacial score (nSPS) is 15.8. The van der Waals surface area contributed by atoms with Crippen molar-refractivity contribution in [3.8, 4) is 0 Å². The molecule has 0 saturated carbocycles. The Morgan fingerprint density at radius 1 is 1.03 bits per heavy atom. The van der Waals surface area contributed by atoms with Crippen molar-refractivity contribution in [3.05, 3.63) is 99.2 Å². The zero-order valence-electron chi connectivity index (χ0n) is 19.4. The number of nitrogens with one attached hydrogen (secondary N) is 1. The van der Waals surface area contributed by atoms with Gasteiger partial charge in [-0.3, -0.25) is 19.0 Å². The van der Waals surface area contributed by atoms with E-state index in [1.165, 1.54) is 11.3 Å². The van der Waals surface area contributed by atoms with Gasteiger partial charge in [0.05, 0.1) is 16.0 Å². The van der Waals surface area contributed by atoms with Crippen LogP contribution in [0, 0.1) is 0 Å². The molecule has 1 N–H and O–H groups in total. The molecule has 1 aromatic heterocycles. The average Bonchev–Trinajstić information content (AvgIpc) is 3.38. The van der Waals surface area contributed by atoms with Crippen molar-refractivity contribution in [2.75, 3.05) is 11.1 Å². The summed E-state index contributed by atoms with van der Waals surface area (Å²) in [6.45, 7) is 4.52. The summed E-state index contributed by atoms with van der Waals surface area (Å²) in [5.74, 6) is 0.352. The van der Waals surface area contributed by atoms with Crippen molar-refractivity contribution in [2.45, 2.75) is 31.8 Å². The molecular formula is C27H25N3O3S2. The highest BCUT2D eigenvalue weighted by Gasteiger charge is 2.32. The van der Waals surface area contributed by atoms with E-state index < -0.39 is 0 Å². The number of thioether (sulfide) groups is 1. The van der Waals surface area contributed by atoms with Gasteiger partial charge in [-0.15, -0.1) is 11.8 Å². The molecule has 0 radical (unpaired) electrons. The number of aromatic nitrogens is 1. The maximum atomic E-state index is 12.9. The van der Waals surface area contributed by atoms with Crippen molar-refractivity contribution in [2.24, 2.45) is 0 Å². The third kappa shape index (κ3) is 4.76. The molecule has 0 bridgehead atoms. The summed E-state index contributed by atoms with van der Waals surface area (Å²) in [6.07, 6.45) is 0. The van der Waals surface area contributed by atoms with Gasteiger partial charge in [0.1, 0.15) is 5.37 Å². The van der Waals surface area contributed by atoms with Gasteiger partial charge in [-0.05, 0) is 55.3 Å². The standard InChI is InChI=1S/C27H25N3O3S2/c1-17(2)30-22-13-12-21(14-23(22)35-27(30)33)28-25(32)19-8-10-20(11-9-19)26-29(24(31)16-34-26)15-18-6-4-3-5-7-18/h3-14,17,26H,15-16H2,1-2H3,(H,28,32)/t26-/m1/s1. The summed E-state index contributed by atoms with van der Waals surface area (Å²) in [7, 11) is 0. The average molecular weight is 504 g/mol. The second kappa shape index (κ2) is 9.71. The number of thiazole rings is 1. The summed E-state index contributed by atoms with van der Waals surface area (Å²) in [5, 5.41) is 2.86. The fourth-order valence-electron chi connectivity index (χ4n) is 4.29. The summed E-state index contributed by atoms with van der Waals surface area (Å²) >= 11 is 2.79. The number of fused-ring (bicyclic) bond motifs is 1. The Bertz CT molecular complexity index is 1440. The highest BCUT2D eigenvalue weighted by Crippen LogP contribution is 2.39. The van der Waals surface area contributed by atoms with E-state index in [-0.39, 0.29) is 28.1 Å². The molecule has 1 aliphatic rings. The molecule has 3 aromatic carbocycles. The highest BCUT2D eigenvalue weighted by molar-refractivity contribution is 8.00. The molecule has 5 rings (SSSR count). The van der Waals surface area contributed by atoms with Crippen LogP contribution >= 0.6 is 23.1 Å². The van der Waals surface area contributed by atoms with E-state index >= 15 is 0 Å². The van der Waals surface area contributed by atoms with Crippen LogP contribution in [0.2, 0.25) is 0 Å². The van der Waals surface area contributed by atoms with Gasteiger partial charge >= 0.3 is 4.87 Å². The Morgan fingerprint density at radius 3 is 2.49 bits per heavy atom. The number of anilines is 1. The van der Waals surface area contributed by atoms with Crippen LogP contribution in [0.15, 0.2) is 77.6 Å². The second-order valence-electron chi connectivity index (χ2n) is 8.76. The predicted octanol–water partition coefficient (Wildman–Crippen LogP) is 5.67. The van der Waals surface area contributed by atoms with Crippen LogP contribution in [0.4, 0.5) is 5.69 Å². The minimum atomic E-state index is -0.220. The van der Waals surface area contributed by atoms with Crippen molar-refractivity contribution >= 4 is 50.8 Å². The molecule has 0 aliphatic carbocycles. The second-order valence-corrected chi connectivity index (χ2v) is 10.8. The molecule has 1 aliphatic heterocycles. The largest absolute Gasteiger partial charge is 0.322 e. The summed E-state index contributed by atoms with van der Waals surface area (Å²) in [4.78, 5) is 39.6. The minimum absolute atomic E-state index is 0.00126. The van der Waals surface area contributed by atoms with E-state index in [0.717, 1.165) is 21.3 Å². The smallest absolute Gasteiger partial charge is 0.308 e. The fraction of sp³-hybridized carbons (Fsp3) is 0.222. The molecule has 0 unspecified atom stereocenters. The minimum Gasteiger partial charge on any atom is -0.322 e. The Morgan fingerprint density at radius 2 is 1.77 bits per heavy atom. The van der Waals surface area contributed by atoms with Crippen molar-refractivity contribution in [1.82, 2.24) is 9.47 Å². The summed E-state index contributed by atoms with van der Waals surface area (Å²) < 4.78 is 2.61. The molecule has 1 saturated heterocycles. The highest BCUT2D eigenvalue weighted by atomic mass is 32.2. The van der Waals surface area contributed by atoms with Gasteiger partial charge in [-0.2, -0.15) is 0 Å². The van der Waals surface area contributed by atoms with Crippen LogP contribution in [0.3, 0.4) is 0 Å². The zero-order valence-corrected chi connectivity index (χ0v) is 21.1. The molecule has 6 nitrogen and oxygen atoms in total. The van der Waals surface area contributed by atoms with Crippen LogP contribution in [0.25, 0.3) is 10.2 Å². The molecule has 2 heterocycles. The quantitative estimate of drug-likeness (QED) is 0.368. The number of carbonyl (C=O) groups is 2. The van der Waals surface area contributed by atoms with E-state index in [0.29, 0.717) is 23.5 Å². The Balaban J connectivity index is 1.31. The Kier molecular flexibility index (Phi) is 6.49. The molecule has 35 heavy (non-hydrogen) atoms. The first kappa shape index (κ1) is 23.4. The molecule has 2 amide bonds. The van der Waals surface area contributed by atoms with Crippen molar-refractivity contribution in [1.29, 1.82) is 0 Å². The topological polar surface area (TPSA) is 71.4 Å². The molecular weight excluding hydrogens is 478 g/mol. The Labute approximate surface area is 211 Å². The third-order valence-corrected chi connectivity index (χ3v) is 8.18. The van der Waals surface area contributed by atoms with Gasteiger partial charge in [-0.1, -0.05) is 53.8 Å². The third-order valence-electron chi connectivity index (χ3n) is 6.01. The molecule has 0 spiro atoms. The number of carbonyl (C=O) groups excluding carboxylic acids is 2. The lowest BCUT2D eigenvalue weighted by Crippen LogP contribution is -2.27. The maximum absolute atomic E-state index is 12.9. The van der Waals surface area contributed by atoms with Crippen LogP contribution in [0.1, 0.15) is 46.7 Å². The van der Waals surface area contributed by atoms with Crippen molar-refractivity contribution in [3.63, 3.8) is 0 Å². The molecule has 4 aromatic rings. The molecule has 178 valence electrons. The first-order chi connectivity index (χ1) is 16.9. The number of amides is 2. The first-order valence-electron chi connectivity index (χ1n) is 11.4. The van der Waals surface area contributed by atoms with Crippen LogP contribution in [0.5, 0.6) is 0 Å². The van der Waals surface area contributed by atoms with Gasteiger partial charge in [0, 0.05) is 23.8 Å². The lowest BCUT2D eigenvalue weighted by Gasteiger charge is -2.24. The molecule has 1 fully saturated rings. The van der Waals surface area contributed by atoms with E-state index in [2.05, 4.69) is 5.32 Å². The SMILES string of the molecule is CC(C)n1c(=O)sc2cc(NC(=O)c3ccc([C@H]4SCC(=O)N4Cc4ccccc4)cc3)ccc21. The number of benzene rings is 3. The number of hydrogen-bond donors (Lipinski definition) is 1.